The van der Waals surface area contributed by atoms with Crippen molar-refractivity contribution >= 4 is 23.2 Å². The molecule has 0 aromatic heterocycles. The highest BCUT2D eigenvalue weighted by Crippen LogP contribution is 2.34. The van der Waals surface area contributed by atoms with Gasteiger partial charge in [0.2, 0.25) is 0 Å². The van der Waals surface area contributed by atoms with Gasteiger partial charge in [0.15, 0.2) is 0 Å². The fourth-order valence-electron chi connectivity index (χ4n) is 2.68. The second kappa shape index (κ2) is 7.00. The van der Waals surface area contributed by atoms with Crippen LogP contribution in [0.3, 0.4) is 0 Å². The van der Waals surface area contributed by atoms with E-state index in [1.165, 1.54) is 11.1 Å². The number of halogens is 2. The summed E-state index contributed by atoms with van der Waals surface area (Å²) in [7, 11) is 0. The van der Waals surface area contributed by atoms with E-state index < -0.39 is 0 Å². The van der Waals surface area contributed by atoms with Gasteiger partial charge in [-0.2, -0.15) is 0 Å². The molecule has 0 aliphatic carbocycles. The van der Waals surface area contributed by atoms with Gasteiger partial charge >= 0.3 is 0 Å². The van der Waals surface area contributed by atoms with E-state index in [1.54, 1.807) is 0 Å². The van der Waals surface area contributed by atoms with Crippen molar-refractivity contribution in [2.24, 2.45) is 0 Å². The third-order valence-corrected chi connectivity index (χ3v) is 4.36. The molecule has 0 heterocycles. The number of alkyl halides is 2. The van der Waals surface area contributed by atoms with E-state index in [1.807, 2.05) is 36.4 Å². The second-order valence-electron chi connectivity index (χ2n) is 5.17. The number of hydrogen-bond donors (Lipinski definition) is 0. The Balaban J connectivity index is 2.19. The Labute approximate surface area is 141 Å². The minimum absolute atomic E-state index is 0.479. The molecule has 0 aliphatic rings. The van der Waals surface area contributed by atoms with E-state index in [4.69, 9.17) is 23.2 Å². The van der Waals surface area contributed by atoms with Gasteiger partial charge in [-0.25, -0.2) is 0 Å². The molecule has 2 heteroatoms. The zero-order chi connectivity index (χ0) is 15.4. The molecule has 0 nitrogen and oxygen atoms in total. The van der Waals surface area contributed by atoms with E-state index in [0.29, 0.717) is 11.8 Å². The van der Waals surface area contributed by atoms with Crippen LogP contribution in [0.25, 0.3) is 22.3 Å². The van der Waals surface area contributed by atoms with Crippen molar-refractivity contribution < 1.29 is 0 Å². The Morgan fingerprint density at radius 1 is 0.545 bits per heavy atom. The standard InChI is InChI=1S/C20H16Cl2/c21-13-17-12-20(16-9-5-2-6-10-16)18(14-22)11-19(17)15-7-3-1-4-8-15/h1-12H,13-14H2. The van der Waals surface area contributed by atoms with Crippen LogP contribution >= 0.6 is 23.2 Å². The van der Waals surface area contributed by atoms with Gasteiger partial charge in [0.1, 0.15) is 0 Å². The molecule has 0 spiro atoms. The quantitative estimate of drug-likeness (QED) is 0.480. The predicted octanol–water partition coefficient (Wildman–Crippen LogP) is 6.50. The summed E-state index contributed by atoms with van der Waals surface area (Å²) >= 11 is 12.4. The zero-order valence-corrected chi connectivity index (χ0v) is 13.6. The largest absolute Gasteiger partial charge is 0.122 e. The van der Waals surface area contributed by atoms with Crippen LogP contribution < -0.4 is 0 Å². The van der Waals surface area contributed by atoms with Gasteiger partial charge in [0.05, 0.1) is 0 Å². The van der Waals surface area contributed by atoms with Crippen LogP contribution in [0, 0.1) is 0 Å². The monoisotopic (exact) mass is 326 g/mol. The van der Waals surface area contributed by atoms with Crippen molar-refractivity contribution in [2.45, 2.75) is 11.8 Å². The highest BCUT2D eigenvalue weighted by molar-refractivity contribution is 6.18. The van der Waals surface area contributed by atoms with Gasteiger partial charge < -0.3 is 0 Å². The Kier molecular flexibility index (Phi) is 4.82. The van der Waals surface area contributed by atoms with Crippen molar-refractivity contribution in [2.75, 3.05) is 0 Å². The lowest BCUT2D eigenvalue weighted by atomic mass is 9.92. The average molecular weight is 327 g/mol. The smallest absolute Gasteiger partial charge is 0.0480 e. The van der Waals surface area contributed by atoms with Crippen LogP contribution in [-0.4, -0.2) is 0 Å². The molecule has 3 rings (SSSR count). The first-order valence-electron chi connectivity index (χ1n) is 7.22. The molecule has 0 radical (unpaired) electrons. The van der Waals surface area contributed by atoms with Crippen molar-refractivity contribution in [1.82, 2.24) is 0 Å². The fourth-order valence-corrected chi connectivity index (χ4v) is 3.13. The topological polar surface area (TPSA) is 0 Å². The molecule has 110 valence electrons. The molecule has 0 N–H and O–H groups in total. The van der Waals surface area contributed by atoms with Gasteiger partial charge in [0, 0.05) is 11.8 Å². The van der Waals surface area contributed by atoms with Crippen LogP contribution in [-0.2, 0) is 11.8 Å². The Bertz CT molecular complexity index is 682. The highest BCUT2D eigenvalue weighted by atomic mass is 35.5. The molecular weight excluding hydrogens is 311 g/mol. The molecule has 3 aromatic rings. The number of rotatable bonds is 4. The summed E-state index contributed by atoms with van der Waals surface area (Å²) in [5.74, 6) is 0.958. The molecule has 0 aliphatic heterocycles. The molecular formula is C20H16Cl2. The van der Waals surface area contributed by atoms with E-state index in [2.05, 4.69) is 36.4 Å². The minimum atomic E-state index is 0.479. The normalized spacial score (nSPS) is 10.6. The van der Waals surface area contributed by atoms with Gasteiger partial charge in [-0.1, -0.05) is 60.7 Å². The van der Waals surface area contributed by atoms with Crippen molar-refractivity contribution in [1.29, 1.82) is 0 Å². The number of benzene rings is 3. The van der Waals surface area contributed by atoms with Crippen LogP contribution in [0.5, 0.6) is 0 Å². The molecule has 0 bridgehead atoms. The molecule has 0 saturated carbocycles. The maximum atomic E-state index is 6.20. The highest BCUT2D eigenvalue weighted by Gasteiger charge is 2.11. The SMILES string of the molecule is ClCc1cc(-c2ccccc2)c(CCl)cc1-c1ccccc1. The minimum Gasteiger partial charge on any atom is -0.122 e. The van der Waals surface area contributed by atoms with Gasteiger partial charge in [0.25, 0.3) is 0 Å². The first-order chi connectivity index (χ1) is 10.8. The summed E-state index contributed by atoms with van der Waals surface area (Å²) in [4.78, 5) is 0. The zero-order valence-electron chi connectivity index (χ0n) is 12.1. The molecule has 0 amide bonds. The molecule has 0 atom stereocenters. The molecule has 22 heavy (non-hydrogen) atoms. The lowest BCUT2D eigenvalue weighted by Gasteiger charge is -2.15. The van der Waals surface area contributed by atoms with Crippen LogP contribution in [0.2, 0.25) is 0 Å². The van der Waals surface area contributed by atoms with Crippen molar-refractivity contribution in [3.8, 4) is 22.3 Å². The summed E-state index contributed by atoms with van der Waals surface area (Å²) in [6.45, 7) is 0. The third-order valence-electron chi connectivity index (χ3n) is 3.79. The molecule has 0 unspecified atom stereocenters. The summed E-state index contributed by atoms with van der Waals surface area (Å²) in [6.07, 6.45) is 0. The third kappa shape index (κ3) is 3.04. The van der Waals surface area contributed by atoms with E-state index in [9.17, 15) is 0 Å². The first-order valence-corrected chi connectivity index (χ1v) is 8.29. The van der Waals surface area contributed by atoms with E-state index in [-0.39, 0.29) is 0 Å². The van der Waals surface area contributed by atoms with Crippen molar-refractivity contribution in [3.05, 3.63) is 83.9 Å². The predicted molar refractivity (Wildman–Crippen MR) is 96.4 cm³/mol. The lowest BCUT2D eigenvalue weighted by Crippen LogP contribution is -1.94. The van der Waals surface area contributed by atoms with Gasteiger partial charge in [-0.3, -0.25) is 0 Å². The fraction of sp³-hybridized carbons (Fsp3) is 0.100. The van der Waals surface area contributed by atoms with Crippen molar-refractivity contribution in [3.63, 3.8) is 0 Å². The summed E-state index contributed by atoms with van der Waals surface area (Å²) in [6, 6.07) is 24.9. The maximum Gasteiger partial charge on any atom is 0.0480 e. The Hall–Kier alpha value is -1.76. The average Bonchev–Trinajstić information content (AvgIpc) is 2.62. The van der Waals surface area contributed by atoms with E-state index in [0.717, 1.165) is 22.3 Å². The van der Waals surface area contributed by atoms with E-state index >= 15 is 0 Å². The molecule has 3 aromatic carbocycles. The van der Waals surface area contributed by atoms with Crippen LogP contribution in [0.15, 0.2) is 72.8 Å². The molecule has 0 saturated heterocycles. The van der Waals surface area contributed by atoms with Crippen LogP contribution in [0.4, 0.5) is 0 Å². The first kappa shape index (κ1) is 15.1. The Morgan fingerprint density at radius 2 is 0.909 bits per heavy atom. The van der Waals surface area contributed by atoms with Crippen LogP contribution in [0.1, 0.15) is 11.1 Å². The maximum absolute atomic E-state index is 6.20. The summed E-state index contributed by atoms with van der Waals surface area (Å²) < 4.78 is 0. The summed E-state index contributed by atoms with van der Waals surface area (Å²) in [5, 5.41) is 0. The molecule has 0 fully saturated rings. The lowest BCUT2D eigenvalue weighted by molar-refractivity contribution is 1.33. The Morgan fingerprint density at radius 3 is 1.23 bits per heavy atom. The summed E-state index contributed by atoms with van der Waals surface area (Å²) in [5.41, 5.74) is 6.91. The second-order valence-corrected chi connectivity index (χ2v) is 5.70. The van der Waals surface area contributed by atoms with Gasteiger partial charge in [-0.05, 0) is 45.5 Å². The van der Waals surface area contributed by atoms with Gasteiger partial charge in [-0.15, -0.1) is 23.2 Å². The number of hydrogen-bond acceptors (Lipinski definition) is 0.